The van der Waals surface area contributed by atoms with Crippen LogP contribution in [0.4, 0.5) is 0 Å². The lowest BCUT2D eigenvalue weighted by Crippen LogP contribution is -2.22. The smallest absolute Gasteiger partial charge is 0.181 e. The lowest BCUT2D eigenvalue weighted by atomic mass is 9.86. The number of oxazole rings is 1. The zero-order valence-corrected chi connectivity index (χ0v) is 12.6. The molecule has 1 aliphatic heterocycles. The molecule has 4 unspecified atom stereocenters. The Hall–Kier alpha value is -0.870. The molecule has 2 rings (SSSR count). The molecule has 4 nitrogen and oxygen atoms in total. The summed E-state index contributed by atoms with van der Waals surface area (Å²) in [7, 11) is 0. The molecule has 19 heavy (non-hydrogen) atoms. The Balaban J connectivity index is 2.06. The molecule has 1 saturated heterocycles. The van der Waals surface area contributed by atoms with Crippen LogP contribution in [0.15, 0.2) is 10.8 Å². The minimum absolute atomic E-state index is 0.196. The number of ether oxygens (including phenoxy) is 1. The third-order valence-corrected chi connectivity index (χ3v) is 4.06. The molecule has 0 bridgehead atoms. The van der Waals surface area contributed by atoms with Crippen molar-refractivity contribution >= 4 is 0 Å². The van der Waals surface area contributed by atoms with Crippen LogP contribution in [0.1, 0.15) is 52.0 Å². The van der Waals surface area contributed by atoms with E-state index in [4.69, 9.17) is 9.15 Å². The van der Waals surface area contributed by atoms with Gasteiger partial charge in [-0.15, -0.1) is 0 Å². The molecule has 1 N–H and O–H groups in total. The summed E-state index contributed by atoms with van der Waals surface area (Å²) in [6.45, 7) is 12.7. The van der Waals surface area contributed by atoms with Gasteiger partial charge in [0.2, 0.25) is 0 Å². The van der Waals surface area contributed by atoms with E-state index >= 15 is 0 Å². The fraction of sp³-hybridized carbons (Fsp3) is 0.800. The van der Waals surface area contributed by atoms with E-state index in [9.17, 15) is 0 Å². The highest BCUT2D eigenvalue weighted by molar-refractivity contribution is 5.17. The molecule has 1 aromatic rings. The van der Waals surface area contributed by atoms with E-state index in [-0.39, 0.29) is 12.2 Å². The Kier molecular flexibility index (Phi) is 4.63. The van der Waals surface area contributed by atoms with Crippen molar-refractivity contribution in [2.75, 3.05) is 6.54 Å². The summed E-state index contributed by atoms with van der Waals surface area (Å²) in [5, 5.41) is 3.43. The number of hydrogen-bond donors (Lipinski definition) is 1. The van der Waals surface area contributed by atoms with Gasteiger partial charge >= 0.3 is 0 Å². The van der Waals surface area contributed by atoms with E-state index in [2.05, 4.69) is 44.9 Å². The van der Waals surface area contributed by atoms with Gasteiger partial charge in [-0.05, 0) is 32.2 Å². The van der Waals surface area contributed by atoms with Crippen molar-refractivity contribution in [3.63, 3.8) is 0 Å². The Bertz CT molecular complexity index is 403. The van der Waals surface area contributed by atoms with Crippen LogP contribution in [-0.4, -0.2) is 23.7 Å². The summed E-state index contributed by atoms with van der Waals surface area (Å²) in [4.78, 5) is 4.37. The number of nitrogens with one attached hydrogen (secondary N) is 1. The standard InChI is InChI=1S/C15H26N2O2/c1-9(2)6-16-7-13-15(18-8-17-13)14-10(3)11(4)19-12(14)5/h8-12,14,16H,6-7H2,1-5H3. The lowest BCUT2D eigenvalue weighted by Gasteiger charge is -2.17. The molecule has 1 aromatic heterocycles. The molecule has 4 atom stereocenters. The van der Waals surface area contributed by atoms with Crippen LogP contribution >= 0.6 is 0 Å². The van der Waals surface area contributed by atoms with Crippen molar-refractivity contribution in [1.82, 2.24) is 10.3 Å². The molecule has 0 radical (unpaired) electrons. The summed E-state index contributed by atoms with van der Waals surface area (Å²) in [6.07, 6.45) is 2.04. The number of aromatic nitrogens is 1. The Morgan fingerprint density at radius 3 is 2.58 bits per heavy atom. The highest BCUT2D eigenvalue weighted by Crippen LogP contribution is 2.40. The quantitative estimate of drug-likeness (QED) is 0.890. The molecule has 0 spiro atoms. The van der Waals surface area contributed by atoms with Crippen LogP contribution < -0.4 is 5.32 Å². The third-order valence-electron chi connectivity index (χ3n) is 4.06. The van der Waals surface area contributed by atoms with Gasteiger partial charge in [0.25, 0.3) is 0 Å². The van der Waals surface area contributed by atoms with Crippen LogP contribution in [0, 0.1) is 11.8 Å². The first-order valence-electron chi connectivity index (χ1n) is 7.29. The first-order valence-corrected chi connectivity index (χ1v) is 7.29. The highest BCUT2D eigenvalue weighted by Gasteiger charge is 2.41. The molecule has 1 aliphatic rings. The van der Waals surface area contributed by atoms with E-state index in [1.54, 1.807) is 6.39 Å². The van der Waals surface area contributed by atoms with Crippen molar-refractivity contribution in [3.8, 4) is 0 Å². The van der Waals surface area contributed by atoms with Crippen molar-refractivity contribution in [1.29, 1.82) is 0 Å². The SMILES string of the molecule is CC(C)CNCc1ncoc1C1C(C)OC(C)C1C. The molecular weight excluding hydrogens is 240 g/mol. The maximum Gasteiger partial charge on any atom is 0.181 e. The third kappa shape index (κ3) is 3.18. The molecule has 0 aliphatic carbocycles. The Labute approximate surface area is 115 Å². The monoisotopic (exact) mass is 266 g/mol. The van der Waals surface area contributed by atoms with Gasteiger partial charge in [0.15, 0.2) is 6.39 Å². The van der Waals surface area contributed by atoms with Crippen LogP contribution in [0.2, 0.25) is 0 Å². The van der Waals surface area contributed by atoms with Crippen LogP contribution in [0.25, 0.3) is 0 Å². The van der Waals surface area contributed by atoms with Gasteiger partial charge in [-0.25, -0.2) is 4.98 Å². The van der Waals surface area contributed by atoms with Gasteiger partial charge in [-0.3, -0.25) is 0 Å². The van der Waals surface area contributed by atoms with Crippen molar-refractivity contribution in [2.24, 2.45) is 11.8 Å². The van der Waals surface area contributed by atoms with Gasteiger partial charge in [0, 0.05) is 6.54 Å². The normalized spacial score (nSPS) is 31.3. The molecule has 1 fully saturated rings. The van der Waals surface area contributed by atoms with Crippen molar-refractivity contribution < 1.29 is 9.15 Å². The zero-order chi connectivity index (χ0) is 14.0. The van der Waals surface area contributed by atoms with E-state index in [1.807, 2.05) is 0 Å². The largest absolute Gasteiger partial charge is 0.448 e. The highest BCUT2D eigenvalue weighted by atomic mass is 16.5. The molecule has 0 aromatic carbocycles. The topological polar surface area (TPSA) is 47.3 Å². The van der Waals surface area contributed by atoms with Gasteiger partial charge in [-0.1, -0.05) is 20.8 Å². The average Bonchev–Trinajstić information content (AvgIpc) is 2.85. The summed E-state index contributed by atoms with van der Waals surface area (Å²) >= 11 is 0. The fourth-order valence-electron chi connectivity index (χ4n) is 2.88. The Morgan fingerprint density at radius 1 is 1.26 bits per heavy atom. The number of nitrogens with zero attached hydrogens (tertiary/aromatic N) is 1. The molecule has 4 heteroatoms. The number of rotatable bonds is 5. The van der Waals surface area contributed by atoms with E-state index in [1.165, 1.54) is 0 Å². The van der Waals surface area contributed by atoms with Crippen molar-refractivity contribution in [2.45, 2.75) is 59.3 Å². The van der Waals surface area contributed by atoms with Gasteiger partial charge < -0.3 is 14.5 Å². The van der Waals surface area contributed by atoms with Crippen LogP contribution in [0.3, 0.4) is 0 Å². The summed E-state index contributed by atoms with van der Waals surface area (Å²) in [5.74, 6) is 2.42. The van der Waals surface area contributed by atoms with Crippen LogP contribution in [-0.2, 0) is 11.3 Å². The van der Waals surface area contributed by atoms with Gasteiger partial charge in [-0.2, -0.15) is 0 Å². The second-order valence-corrected chi connectivity index (χ2v) is 6.12. The molecule has 108 valence electrons. The first-order chi connectivity index (χ1) is 9.00. The maximum absolute atomic E-state index is 5.90. The average molecular weight is 266 g/mol. The molecule has 0 amide bonds. The number of hydrogen-bond acceptors (Lipinski definition) is 4. The second-order valence-electron chi connectivity index (χ2n) is 6.12. The predicted molar refractivity (Wildman–Crippen MR) is 75.0 cm³/mol. The van der Waals surface area contributed by atoms with Gasteiger partial charge in [0.1, 0.15) is 5.76 Å². The minimum Gasteiger partial charge on any atom is -0.448 e. The zero-order valence-electron chi connectivity index (χ0n) is 12.6. The second kappa shape index (κ2) is 6.06. The van der Waals surface area contributed by atoms with E-state index in [0.717, 1.165) is 24.5 Å². The molecular formula is C15H26N2O2. The Morgan fingerprint density at radius 2 is 2.00 bits per heavy atom. The van der Waals surface area contributed by atoms with E-state index in [0.29, 0.717) is 17.8 Å². The van der Waals surface area contributed by atoms with E-state index < -0.39 is 0 Å². The van der Waals surface area contributed by atoms with Crippen LogP contribution in [0.5, 0.6) is 0 Å². The van der Waals surface area contributed by atoms with Crippen molar-refractivity contribution in [3.05, 3.63) is 17.8 Å². The lowest BCUT2D eigenvalue weighted by molar-refractivity contribution is 0.0547. The predicted octanol–water partition coefficient (Wildman–Crippen LogP) is 2.95. The minimum atomic E-state index is 0.196. The summed E-state index contributed by atoms with van der Waals surface area (Å²) < 4.78 is 11.6. The fourth-order valence-corrected chi connectivity index (χ4v) is 2.88. The summed E-state index contributed by atoms with van der Waals surface area (Å²) in [5.41, 5.74) is 1.03. The van der Waals surface area contributed by atoms with Gasteiger partial charge in [0.05, 0.1) is 23.8 Å². The molecule has 2 heterocycles. The molecule has 0 saturated carbocycles. The first kappa shape index (κ1) is 14.5. The summed E-state index contributed by atoms with van der Waals surface area (Å²) in [6, 6.07) is 0. The maximum atomic E-state index is 5.90.